The summed E-state index contributed by atoms with van der Waals surface area (Å²) in [5.74, 6) is 0.559. The highest BCUT2D eigenvalue weighted by Gasteiger charge is 2.45. The van der Waals surface area contributed by atoms with Crippen molar-refractivity contribution in [1.29, 1.82) is 0 Å². The SMILES string of the molecule is Oc1c([C@@H](c2ccco2)[NH+]2CCC3(CC2)OCCO3)sc2ncnn12. The lowest BCUT2D eigenvalue weighted by atomic mass is 10.0. The number of aromatic nitrogens is 3. The molecule has 1 spiro atoms. The number of fused-ring (bicyclic) bond motifs is 1. The third-order valence-corrected chi connectivity index (χ3v) is 6.20. The number of rotatable bonds is 3. The summed E-state index contributed by atoms with van der Waals surface area (Å²) in [5, 5.41) is 14.7. The van der Waals surface area contributed by atoms with E-state index in [1.165, 1.54) is 27.1 Å². The van der Waals surface area contributed by atoms with E-state index in [0.717, 1.165) is 36.6 Å². The smallest absolute Gasteiger partial charge is 0.235 e. The largest absolute Gasteiger partial charge is 0.492 e. The lowest BCUT2D eigenvalue weighted by Gasteiger charge is -2.37. The summed E-state index contributed by atoms with van der Waals surface area (Å²) in [5.41, 5.74) is 0. The molecule has 3 aromatic heterocycles. The Hall–Kier alpha value is -1.94. The Balaban J connectivity index is 1.49. The molecule has 0 aliphatic carbocycles. The van der Waals surface area contributed by atoms with Gasteiger partial charge in [0.15, 0.2) is 17.6 Å². The maximum Gasteiger partial charge on any atom is 0.235 e. The van der Waals surface area contributed by atoms with Gasteiger partial charge in [-0.1, -0.05) is 11.3 Å². The molecule has 0 radical (unpaired) electrons. The van der Waals surface area contributed by atoms with Gasteiger partial charge in [-0.25, -0.2) is 4.98 Å². The zero-order valence-corrected chi connectivity index (χ0v) is 14.4. The Morgan fingerprint density at radius 1 is 1.28 bits per heavy atom. The number of quaternary nitrogens is 1. The second-order valence-electron chi connectivity index (χ2n) is 6.46. The molecule has 9 heteroatoms. The minimum Gasteiger partial charge on any atom is -0.492 e. The summed E-state index contributed by atoms with van der Waals surface area (Å²) >= 11 is 1.45. The molecule has 0 bridgehead atoms. The van der Waals surface area contributed by atoms with Crippen molar-refractivity contribution >= 4 is 16.3 Å². The first-order chi connectivity index (χ1) is 12.3. The number of hydrogen-bond donors (Lipinski definition) is 2. The van der Waals surface area contributed by atoms with Crippen molar-refractivity contribution in [2.24, 2.45) is 0 Å². The number of ether oxygens (including phenoxy) is 2. The van der Waals surface area contributed by atoms with E-state index in [1.807, 2.05) is 12.1 Å². The first kappa shape index (κ1) is 15.3. The lowest BCUT2D eigenvalue weighted by molar-refractivity contribution is -0.934. The van der Waals surface area contributed by atoms with Gasteiger partial charge in [-0.3, -0.25) is 0 Å². The number of furan rings is 1. The van der Waals surface area contributed by atoms with Crippen LogP contribution in [0.5, 0.6) is 5.88 Å². The highest BCUT2D eigenvalue weighted by atomic mass is 32.1. The molecule has 5 heterocycles. The van der Waals surface area contributed by atoms with Crippen LogP contribution in [0.4, 0.5) is 0 Å². The topological polar surface area (TPSA) is 86.5 Å². The second-order valence-corrected chi connectivity index (χ2v) is 7.47. The van der Waals surface area contributed by atoms with Crippen molar-refractivity contribution in [2.45, 2.75) is 24.7 Å². The van der Waals surface area contributed by atoms with Crippen LogP contribution in [0, 0.1) is 0 Å². The van der Waals surface area contributed by atoms with E-state index in [9.17, 15) is 5.11 Å². The fourth-order valence-electron chi connectivity index (χ4n) is 3.88. The number of nitrogens with one attached hydrogen (secondary N) is 1. The van der Waals surface area contributed by atoms with Gasteiger partial charge in [-0.05, 0) is 12.1 Å². The van der Waals surface area contributed by atoms with Crippen LogP contribution < -0.4 is 4.90 Å². The molecular formula is C16H19N4O4S+. The minimum absolute atomic E-state index is 0.0951. The summed E-state index contributed by atoms with van der Waals surface area (Å²) in [7, 11) is 0. The van der Waals surface area contributed by atoms with Crippen LogP contribution in [-0.2, 0) is 9.47 Å². The van der Waals surface area contributed by atoms with Crippen LogP contribution in [-0.4, -0.2) is 51.8 Å². The van der Waals surface area contributed by atoms with Crippen LogP contribution in [0.25, 0.3) is 4.96 Å². The summed E-state index contributed by atoms with van der Waals surface area (Å²) in [6.07, 6.45) is 4.79. The summed E-state index contributed by atoms with van der Waals surface area (Å²) in [6.45, 7) is 3.09. The third-order valence-electron chi connectivity index (χ3n) is 5.10. The Morgan fingerprint density at radius 3 is 2.76 bits per heavy atom. The van der Waals surface area contributed by atoms with E-state index >= 15 is 0 Å². The molecule has 0 amide bonds. The molecule has 5 rings (SSSR count). The molecule has 1 atom stereocenters. The van der Waals surface area contributed by atoms with Crippen molar-refractivity contribution < 1.29 is 23.9 Å². The number of hydrogen-bond acceptors (Lipinski definition) is 7. The van der Waals surface area contributed by atoms with Gasteiger partial charge in [0.05, 0.1) is 45.4 Å². The predicted molar refractivity (Wildman–Crippen MR) is 87.6 cm³/mol. The van der Waals surface area contributed by atoms with E-state index in [-0.39, 0.29) is 11.9 Å². The number of aromatic hydroxyl groups is 1. The Bertz CT molecular complexity index is 858. The first-order valence-corrected chi connectivity index (χ1v) is 9.25. The summed E-state index contributed by atoms with van der Waals surface area (Å²) in [4.78, 5) is 7.02. The maximum atomic E-state index is 10.6. The van der Waals surface area contributed by atoms with Gasteiger partial charge in [0, 0.05) is 0 Å². The zero-order chi connectivity index (χ0) is 16.9. The van der Waals surface area contributed by atoms with Crippen LogP contribution in [0.15, 0.2) is 29.1 Å². The zero-order valence-electron chi connectivity index (χ0n) is 13.6. The molecule has 8 nitrogen and oxygen atoms in total. The Kier molecular flexibility index (Phi) is 3.56. The molecule has 132 valence electrons. The molecule has 2 saturated heterocycles. The molecule has 0 unspecified atom stereocenters. The average Bonchev–Trinajstić information content (AvgIpc) is 3.39. The van der Waals surface area contributed by atoms with E-state index in [0.29, 0.717) is 18.2 Å². The predicted octanol–water partition coefficient (Wildman–Crippen LogP) is 0.601. The normalized spacial score (nSPS) is 22.1. The minimum atomic E-state index is -0.412. The standard InChI is InChI=1S/C16H18N4O4S/c21-14-13(25-15-17-10-18-20(14)15)12(11-2-1-7-22-11)19-5-3-16(4-6-19)23-8-9-24-16/h1-2,7,10,12,21H,3-6,8-9H2/p+1/t12-/m1/s1. The molecule has 2 aliphatic rings. The van der Waals surface area contributed by atoms with Crippen molar-refractivity contribution in [1.82, 2.24) is 14.6 Å². The van der Waals surface area contributed by atoms with Gasteiger partial charge >= 0.3 is 0 Å². The number of nitrogens with zero attached hydrogens (tertiary/aromatic N) is 3. The second kappa shape index (κ2) is 5.80. The molecule has 2 aliphatic heterocycles. The highest BCUT2D eigenvalue weighted by Crippen LogP contribution is 2.36. The van der Waals surface area contributed by atoms with Gasteiger partial charge in [-0.15, -0.1) is 0 Å². The molecule has 2 N–H and O–H groups in total. The van der Waals surface area contributed by atoms with Crippen molar-refractivity contribution in [3.8, 4) is 5.88 Å². The molecule has 25 heavy (non-hydrogen) atoms. The fraction of sp³-hybridized carbons (Fsp3) is 0.500. The highest BCUT2D eigenvalue weighted by molar-refractivity contribution is 7.17. The number of thiazole rings is 1. The monoisotopic (exact) mass is 363 g/mol. The fourth-order valence-corrected chi connectivity index (χ4v) is 4.97. The maximum absolute atomic E-state index is 10.6. The summed E-state index contributed by atoms with van der Waals surface area (Å²) in [6, 6.07) is 3.74. The van der Waals surface area contributed by atoms with Crippen LogP contribution in [0.3, 0.4) is 0 Å². The van der Waals surface area contributed by atoms with E-state index in [4.69, 9.17) is 13.9 Å². The number of piperidine rings is 1. The van der Waals surface area contributed by atoms with Crippen LogP contribution >= 0.6 is 11.3 Å². The van der Waals surface area contributed by atoms with Crippen LogP contribution in [0.2, 0.25) is 0 Å². The Labute approximate surface area is 147 Å². The quantitative estimate of drug-likeness (QED) is 0.709. The molecule has 3 aromatic rings. The van der Waals surface area contributed by atoms with Gasteiger partial charge in [0.1, 0.15) is 11.2 Å². The van der Waals surface area contributed by atoms with Crippen molar-refractivity contribution in [2.75, 3.05) is 26.3 Å². The van der Waals surface area contributed by atoms with Gasteiger partial charge in [0.25, 0.3) is 0 Å². The number of likely N-dealkylation sites (tertiary alicyclic amines) is 1. The molecule has 2 fully saturated rings. The van der Waals surface area contributed by atoms with Gasteiger partial charge in [-0.2, -0.15) is 9.61 Å². The van der Waals surface area contributed by atoms with E-state index in [1.54, 1.807) is 6.26 Å². The summed E-state index contributed by atoms with van der Waals surface area (Å²) < 4.78 is 18.9. The van der Waals surface area contributed by atoms with E-state index < -0.39 is 5.79 Å². The van der Waals surface area contributed by atoms with Crippen LogP contribution in [0.1, 0.15) is 29.5 Å². The van der Waals surface area contributed by atoms with Gasteiger partial charge in [0.2, 0.25) is 10.8 Å². The first-order valence-electron chi connectivity index (χ1n) is 8.43. The average molecular weight is 363 g/mol. The van der Waals surface area contributed by atoms with Crippen molar-refractivity contribution in [3.05, 3.63) is 35.4 Å². The Morgan fingerprint density at radius 2 is 2.08 bits per heavy atom. The molecule has 0 saturated carbocycles. The molecular weight excluding hydrogens is 344 g/mol. The van der Waals surface area contributed by atoms with Gasteiger partial charge < -0.3 is 23.9 Å². The lowest BCUT2D eigenvalue weighted by Crippen LogP contribution is -3.14. The molecule has 0 aromatic carbocycles. The van der Waals surface area contributed by atoms with E-state index in [2.05, 4.69) is 10.1 Å². The third kappa shape index (κ3) is 2.46. The van der Waals surface area contributed by atoms with Crippen molar-refractivity contribution in [3.63, 3.8) is 0 Å².